The maximum atomic E-state index is 13.1. The molecule has 0 amide bonds. The van der Waals surface area contributed by atoms with Crippen LogP contribution in [-0.4, -0.2) is 6.61 Å². The molecule has 0 saturated carbocycles. The number of hydrogen-bond donors (Lipinski definition) is 1. The topological polar surface area (TPSA) is 21.3 Å². The van der Waals surface area contributed by atoms with Crippen molar-refractivity contribution in [2.45, 2.75) is 13.5 Å². The Morgan fingerprint density at radius 3 is 2.89 bits per heavy atom. The van der Waals surface area contributed by atoms with Gasteiger partial charge in [-0.05, 0) is 25.1 Å². The van der Waals surface area contributed by atoms with E-state index < -0.39 is 0 Å². The maximum absolute atomic E-state index is 13.1. The monoisotopic (exact) mass is 285 g/mol. The lowest BCUT2D eigenvalue weighted by molar-refractivity contribution is 0.340. The molecule has 0 atom stereocenters. The van der Waals surface area contributed by atoms with E-state index in [9.17, 15) is 4.39 Å². The molecule has 2 nitrogen and oxygen atoms in total. The Balaban J connectivity index is 2.08. The van der Waals surface area contributed by atoms with Crippen LogP contribution in [0.3, 0.4) is 0 Å². The van der Waals surface area contributed by atoms with E-state index in [0.717, 1.165) is 15.6 Å². The Morgan fingerprint density at radius 2 is 2.22 bits per heavy atom. The lowest BCUT2D eigenvalue weighted by Crippen LogP contribution is -2.02. The van der Waals surface area contributed by atoms with Crippen molar-refractivity contribution in [1.29, 1.82) is 0 Å². The van der Waals surface area contributed by atoms with E-state index in [1.165, 1.54) is 12.1 Å². The van der Waals surface area contributed by atoms with Crippen LogP contribution in [0, 0.1) is 5.82 Å². The SMILES string of the molecule is CCOc1cc(F)ccc1NCc1cc(Cl)cs1. The maximum Gasteiger partial charge on any atom is 0.145 e. The summed E-state index contributed by atoms with van der Waals surface area (Å²) in [7, 11) is 0. The molecule has 0 radical (unpaired) electrons. The molecule has 2 rings (SSSR count). The fourth-order valence-corrected chi connectivity index (χ4v) is 2.56. The Kier molecular flexibility index (Phi) is 4.44. The highest BCUT2D eigenvalue weighted by molar-refractivity contribution is 7.10. The molecule has 18 heavy (non-hydrogen) atoms. The summed E-state index contributed by atoms with van der Waals surface area (Å²) in [5.41, 5.74) is 0.780. The zero-order chi connectivity index (χ0) is 13.0. The third-order valence-corrected chi connectivity index (χ3v) is 3.60. The predicted octanol–water partition coefficient (Wildman–Crippen LogP) is 4.55. The number of thiophene rings is 1. The molecule has 2 aromatic rings. The molecule has 96 valence electrons. The standard InChI is InChI=1S/C13H13ClFNOS/c1-2-17-13-6-10(15)3-4-12(13)16-7-11-5-9(14)8-18-11/h3-6,8,16H,2,7H2,1H3. The summed E-state index contributed by atoms with van der Waals surface area (Å²) < 4.78 is 18.5. The van der Waals surface area contributed by atoms with E-state index in [1.807, 2.05) is 18.4 Å². The fraction of sp³-hybridized carbons (Fsp3) is 0.231. The Bertz CT molecular complexity index is 529. The minimum absolute atomic E-state index is 0.303. The highest BCUT2D eigenvalue weighted by Crippen LogP contribution is 2.27. The van der Waals surface area contributed by atoms with Gasteiger partial charge < -0.3 is 10.1 Å². The Hall–Kier alpha value is -1.26. The summed E-state index contributed by atoms with van der Waals surface area (Å²) in [5.74, 6) is 0.225. The van der Waals surface area contributed by atoms with Gasteiger partial charge in [-0.15, -0.1) is 11.3 Å². The number of rotatable bonds is 5. The number of benzene rings is 1. The summed E-state index contributed by atoms with van der Waals surface area (Å²) in [6.45, 7) is 3.01. The van der Waals surface area contributed by atoms with Gasteiger partial charge in [0.1, 0.15) is 11.6 Å². The lowest BCUT2D eigenvalue weighted by atomic mass is 10.2. The zero-order valence-corrected chi connectivity index (χ0v) is 11.4. The van der Waals surface area contributed by atoms with Crippen molar-refractivity contribution in [1.82, 2.24) is 0 Å². The highest BCUT2D eigenvalue weighted by atomic mass is 35.5. The van der Waals surface area contributed by atoms with Gasteiger partial charge in [-0.1, -0.05) is 11.6 Å². The number of halogens is 2. The van der Waals surface area contributed by atoms with Crippen LogP contribution < -0.4 is 10.1 Å². The second-order valence-electron chi connectivity index (χ2n) is 3.66. The molecule has 0 aliphatic heterocycles. The van der Waals surface area contributed by atoms with Crippen LogP contribution in [0.5, 0.6) is 5.75 Å². The van der Waals surface area contributed by atoms with Crippen molar-refractivity contribution in [2.75, 3.05) is 11.9 Å². The number of anilines is 1. The van der Waals surface area contributed by atoms with Crippen LogP contribution >= 0.6 is 22.9 Å². The van der Waals surface area contributed by atoms with Gasteiger partial charge in [0.2, 0.25) is 0 Å². The van der Waals surface area contributed by atoms with E-state index in [1.54, 1.807) is 17.4 Å². The molecule has 0 fully saturated rings. The van der Waals surface area contributed by atoms with E-state index in [4.69, 9.17) is 16.3 Å². The lowest BCUT2D eigenvalue weighted by Gasteiger charge is -2.11. The molecule has 0 aliphatic carbocycles. The van der Waals surface area contributed by atoms with Crippen LogP contribution in [0.1, 0.15) is 11.8 Å². The van der Waals surface area contributed by atoms with Gasteiger partial charge in [0, 0.05) is 22.9 Å². The van der Waals surface area contributed by atoms with E-state index >= 15 is 0 Å². The van der Waals surface area contributed by atoms with Gasteiger partial charge in [0.05, 0.1) is 17.3 Å². The predicted molar refractivity (Wildman–Crippen MR) is 74.2 cm³/mol. The van der Waals surface area contributed by atoms with Crippen molar-refractivity contribution >= 4 is 28.6 Å². The second-order valence-corrected chi connectivity index (χ2v) is 5.09. The second kappa shape index (κ2) is 6.07. The van der Waals surface area contributed by atoms with Crippen molar-refractivity contribution in [2.24, 2.45) is 0 Å². The first-order chi connectivity index (χ1) is 8.69. The summed E-state index contributed by atoms with van der Waals surface area (Å²) in [6.07, 6.45) is 0. The van der Waals surface area contributed by atoms with Gasteiger partial charge in [0.15, 0.2) is 0 Å². The van der Waals surface area contributed by atoms with Crippen molar-refractivity contribution in [3.05, 3.63) is 45.4 Å². The zero-order valence-electron chi connectivity index (χ0n) is 9.87. The van der Waals surface area contributed by atoms with Crippen LogP contribution in [0.25, 0.3) is 0 Å². The van der Waals surface area contributed by atoms with Crippen LogP contribution in [0.15, 0.2) is 29.6 Å². The van der Waals surface area contributed by atoms with E-state index in [0.29, 0.717) is 18.9 Å². The van der Waals surface area contributed by atoms with Crippen LogP contribution in [-0.2, 0) is 6.54 Å². The average Bonchev–Trinajstić information content (AvgIpc) is 2.75. The van der Waals surface area contributed by atoms with Gasteiger partial charge in [-0.3, -0.25) is 0 Å². The third kappa shape index (κ3) is 3.37. The third-order valence-electron chi connectivity index (χ3n) is 2.32. The van der Waals surface area contributed by atoms with Crippen LogP contribution in [0.2, 0.25) is 5.02 Å². The summed E-state index contributed by atoms with van der Waals surface area (Å²) in [6, 6.07) is 6.37. The highest BCUT2D eigenvalue weighted by Gasteiger charge is 2.05. The van der Waals surface area contributed by atoms with Crippen molar-refractivity contribution < 1.29 is 9.13 Å². The number of ether oxygens (including phenoxy) is 1. The van der Waals surface area contributed by atoms with Gasteiger partial charge in [0.25, 0.3) is 0 Å². The quantitative estimate of drug-likeness (QED) is 0.870. The Morgan fingerprint density at radius 1 is 1.39 bits per heavy atom. The molecule has 0 spiro atoms. The average molecular weight is 286 g/mol. The van der Waals surface area contributed by atoms with Crippen molar-refractivity contribution in [3.63, 3.8) is 0 Å². The molecule has 5 heteroatoms. The molecule has 1 N–H and O–H groups in total. The normalized spacial score (nSPS) is 10.4. The summed E-state index contributed by atoms with van der Waals surface area (Å²) >= 11 is 7.43. The smallest absolute Gasteiger partial charge is 0.145 e. The Labute approximate surface area is 114 Å². The molecule has 0 aliphatic rings. The largest absolute Gasteiger partial charge is 0.492 e. The molecular weight excluding hydrogens is 273 g/mol. The molecule has 0 bridgehead atoms. The summed E-state index contributed by atoms with van der Waals surface area (Å²) in [4.78, 5) is 1.12. The summed E-state index contributed by atoms with van der Waals surface area (Å²) in [5, 5.41) is 5.83. The minimum atomic E-state index is -0.303. The first kappa shape index (κ1) is 13.2. The number of hydrogen-bond acceptors (Lipinski definition) is 3. The molecule has 0 unspecified atom stereocenters. The van der Waals surface area contributed by atoms with Crippen LogP contribution in [0.4, 0.5) is 10.1 Å². The van der Waals surface area contributed by atoms with Gasteiger partial charge in [-0.2, -0.15) is 0 Å². The fourth-order valence-electron chi connectivity index (χ4n) is 1.55. The van der Waals surface area contributed by atoms with E-state index in [-0.39, 0.29) is 5.82 Å². The van der Waals surface area contributed by atoms with Crippen molar-refractivity contribution in [3.8, 4) is 5.75 Å². The molecule has 1 aromatic heterocycles. The minimum Gasteiger partial charge on any atom is -0.492 e. The molecule has 1 aromatic carbocycles. The molecular formula is C13H13ClFNOS. The van der Waals surface area contributed by atoms with Gasteiger partial charge in [-0.25, -0.2) is 4.39 Å². The van der Waals surface area contributed by atoms with E-state index in [2.05, 4.69) is 5.32 Å². The molecule has 1 heterocycles. The first-order valence-electron chi connectivity index (χ1n) is 5.58. The first-order valence-corrected chi connectivity index (χ1v) is 6.84. The number of nitrogens with one attached hydrogen (secondary N) is 1. The molecule has 0 saturated heterocycles. The van der Waals surface area contributed by atoms with Gasteiger partial charge >= 0.3 is 0 Å².